The lowest BCUT2D eigenvalue weighted by Crippen LogP contribution is -2.41. The Morgan fingerprint density at radius 1 is 0.592 bits per heavy atom. The van der Waals surface area contributed by atoms with Crippen LogP contribution in [0.2, 0.25) is 0 Å². The van der Waals surface area contributed by atoms with E-state index in [-0.39, 0.29) is 0 Å². The number of benzene rings is 5. The first-order valence-electron chi connectivity index (χ1n) is 17.1. The Labute approximate surface area is 289 Å². The van der Waals surface area contributed by atoms with Crippen molar-refractivity contribution in [2.45, 2.75) is 51.7 Å². The van der Waals surface area contributed by atoms with Crippen molar-refractivity contribution in [2.24, 2.45) is 0 Å². The van der Waals surface area contributed by atoms with Gasteiger partial charge in [-0.2, -0.15) is 0 Å². The lowest BCUT2D eigenvalue weighted by atomic mass is 9.77. The Hall–Kier alpha value is -5.10. The lowest BCUT2D eigenvalue weighted by Gasteiger charge is -2.32. The average molecular weight is 642 g/mol. The van der Waals surface area contributed by atoms with E-state index in [9.17, 15) is 0 Å². The molecule has 1 aromatic heterocycles. The molecule has 0 saturated carbocycles. The van der Waals surface area contributed by atoms with E-state index in [1.807, 2.05) is 0 Å². The van der Waals surface area contributed by atoms with E-state index in [4.69, 9.17) is 13.7 Å². The molecule has 2 aliphatic rings. The molecule has 4 nitrogen and oxygen atoms in total. The third-order valence-electron chi connectivity index (χ3n) is 10.1. The van der Waals surface area contributed by atoms with E-state index in [2.05, 4.69) is 178 Å². The molecular weight excluding hydrogens is 601 g/mol. The van der Waals surface area contributed by atoms with Gasteiger partial charge >= 0.3 is 7.12 Å². The van der Waals surface area contributed by atoms with Gasteiger partial charge in [-0.3, -0.25) is 0 Å². The Bertz CT molecular complexity index is 2160. The third kappa shape index (κ3) is 5.84. The zero-order valence-corrected chi connectivity index (χ0v) is 28.5. The van der Waals surface area contributed by atoms with Gasteiger partial charge in [0.05, 0.1) is 22.3 Å². The summed E-state index contributed by atoms with van der Waals surface area (Å²) in [6.07, 6.45) is 10.5. The highest BCUT2D eigenvalue weighted by Crippen LogP contribution is 2.44. The van der Waals surface area contributed by atoms with E-state index in [0.29, 0.717) is 0 Å². The Morgan fingerprint density at radius 2 is 1.24 bits per heavy atom. The molecule has 0 spiro atoms. The van der Waals surface area contributed by atoms with E-state index < -0.39 is 18.3 Å². The standard InChI is InChI=1S/C44H40BNO3/c1-43(2)44(3,4)49-45(48-43)35-28-34(32-18-11-8-12-19-32)29-37(30-35)46(36-26-24-33(25-27-36)31-16-9-7-10-17-31)39-21-15-23-41-42(39)38-20-13-5-6-14-22-40(38)47-41/h6-21,23-30H,5,22H2,1-4H3/b14-6-,20-13-. The van der Waals surface area contributed by atoms with Crippen molar-refractivity contribution in [3.8, 4) is 22.3 Å². The molecule has 1 saturated heterocycles. The average Bonchev–Trinajstić information content (AvgIpc) is 3.56. The number of rotatable bonds is 6. The predicted octanol–water partition coefficient (Wildman–Crippen LogP) is 11.1. The van der Waals surface area contributed by atoms with Gasteiger partial charge in [0.25, 0.3) is 0 Å². The van der Waals surface area contributed by atoms with Crippen LogP contribution in [0.1, 0.15) is 45.4 Å². The van der Waals surface area contributed by atoms with Gasteiger partial charge < -0.3 is 18.6 Å². The van der Waals surface area contributed by atoms with Crippen LogP contribution in [0.15, 0.2) is 144 Å². The fraction of sp³-hybridized carbons (Fsp3) is 0.182. The largest absolute Gasteiger partial charge is 0.494 e. The van der Waals surface area contributed by atoms with Crippen LogP contribution in [-0.4, -0.2) is 18.3 Å². The number of anilines is 3. The molecule has 0 unspecified atom stereocenters. The summed E-state index contributed by atoms with van der Waals surface area (Å²) in [5.74, 6) is 0.977. The molecule has 8 rings (SSSR count). The first kappa shape index (κ1) is 31.2. The molecule has 0 radical (unpaired) electrons. The van der Waals surface area contributed by atoms with Crippen LogP contribution in [0, 0.1) is 0 Å². The summed E-state index contributed by atoms with van der Waals surface area (Å²) in [5, 5.41) is 1.10. The molecule has 0 atom stereocenters. The molecule has 0 bridgehead atoms. The molecule has 5 aromatic carbocycles. The molecule has 0 amide bonds. The molecule has 2 heterocycles. The zero-order chi connectivity index (χ0) is 33.6. The molecular formula is C44H40BNO3. The summed E-state index contributed by atoms with van der Waals surface area (Å²) in [4.78, 5) is 2.36. The van der Waals surface area contributed by atoms with Crippen molar-refractivity contribution in [1.29, 1.82) is 0 Å². The maximum absolute atomic E-state index is 6.64. The quantitative estimate of drug-likeness (QED) is 0.134. The highest BCUT2D eigenvalue weighted by atomic mass is 16.7. The van der Waals surface area contributed by atoms with Crippen LogP contribution in [0.3, 0.4) is 0 Å². The van der Waals surface area contributed by atoms with Gasteiger partial charge in [-0.05, 0) is 98.2 Å². The van der Waals surface area contributed by atoms with Crippen LogP contribution in [0.5, 0.6) is 0 Å². The second kappa shape index (κ2) is 12.4. The smallest absolute Gasteiger partial charge is 0.460 e. The van der Waals surface area contributed by atoms with E-state index in [1.54, 1.807) is 0 Å². The predicted molar refractivity (Wildman–Crippen MR) is 204 cm³/mol. The maximum Gasteiger partial charge on any atom is 0.494 e. The first-order valence-corrected chi connectivity index (χ1v) is 17.1. The molecule has 0 N–H and O–H groups in total. The number of hydrogen-bond acceptors (Lipinski definition) is 4. The van der Waals surface area contributed by atoms with Gasteiger partial charge in [0.15, 0.2) is 0 Å². The third-order valence-corrected chi connectivity index (χ3v) is 10.1. The van der Waals surface area contributed by atoms with Crippen LogP contribution in [0.25, 0.3) is 39.3 Å². The normalized spacial score (nSPS) is 17.7. The van der Waals surface area contributed by atoms with Crippen molar-refractivity contribution >= 4 is 46.7 Å². The minimum absolute atomic E-state index is 0.465. The summed E-state index contributed by atoms with van der Waals surface area (Å²) in [6, 6.07) is 43.0. The second-order valence-corrected chi connectivity index (χ2v) is 13.9. The van der Waals surface area contributed by atoms with Gasteiger partial charge in [0, 0.05) is 23.4 Å². The Kier molecular flexibility index (Phi) is 7.90. The SMILES string of the molecule is CC1(C)OB(c2cc(-c3ccccc3)cc(N(c3ccc(-c4ccccc4)cc3)c3cccc4oc5c(c34)/C=C\C/C=C\C5)c2)OC1(C)C. The minimum atomic E-state index is -0.519. The second-order valence-electron chi connectivity index (χ2n) is 13.9. The van der Waals surface area contributed by atoms with Crippen molar-refractivity contribution in [3.05, 3.63) is 151 Å². The van der Waals surface area contributed by atoms with Gasteiger partial charge in [0.1, 0.15) is 11.3 Å². The molecule has 6 aromatic rings. The molecule has 1 aliphatic heterocycles. The number of furan rings is 1. The van der Waals surface area contributed by atoms with E-state index in [0.717, 1.165) is 68.8 Å². The Morgan fingerprint density at radius 3 is 1.94 bits per heavy atom. The maximum atomic E-state index is 6.64. The molecule has 1 fully saturated rings. The highest BCUT2D eigenvalue weighted by Gasteiger charge is 2.52. The fourth-order valence-electron chi connectivity index (χ4n) is 6.80. The van der Waals surface area contributed by atoms with Gasteiger partial charge in [-0.25, -0.2) is 0 Å². The van der Waals surface area contributed by atoms with Crippen LogP contribution < -0.4 is 10.4 Å². The van der Waals surface area contributed by atoms with Crippen molar-refractivity contribution in [3.63, 3.8) is 0 Å². The van der Waals surface area contributed by atoms with Crippen LogP contribution in [0.4, 0.5) is 17.1 Å². The highest BCUT2D eigenvalue weighted by molar-refractivity contribution is 6.62. The zero-order valence-electron chi connectivity index (χ0n) is 28.5. The minimum Gasteiger partial charge on any atom is -0.460 e. The fourth-order valence-corrected chi connectivity index (χ4v) is 6.80. The molecule has 49 heavy (non-hydrogen) atoms. The van der Waals surface area contributed by atoms with E-state index in [1.165, 1.54) is 11.1 Å². The summed E-state index contributed by atoms with van der Waals surface area (Å²) in [6.45, 7) is 8.41. The number of fused-ring (bicyclic) bond motifs is 3. The van der Waals surface area contributed by atoms with Crippen molar-refractivity contribution in [1.82, 2.24) is 0 Å². The topological polar surface area (TPSA) is 34.8 Å². The van der Waals surface area contributed by atoms with Crippen LogP contribution >= 0.6 is 0 Å². The monoisotopic (exact) mass is 641 g/mol. The lowest BCUT2D eigenvalue weighted by molar-refractivity contribution is 0.00578. The summed E-state index contributed by atoms with van der Waals surface area (Å²) >= 11 is 0. The molecule has 242 valence electrons. The molecule has 1 aliphatic carbocycles. The summed E-state index contributed by atoms with van der Waals surface area (Å²) < 4.78 is 19.8. The van der Waals surface area contributed by atoms with Gasteiger partial charge in [-0.1, -0.05) is 109 Å². The molecule has 5 heteroatoms. The summed E-state index contributed by atoms with van der Waals surface area (Å²) in [5.41, 5.74) is 9.72. The number of hydrogen-bond donors (Lipinski definition) is 0. The van der Waals surface area contributed by atoms with E-state index >= 15 is 0 Å². The van der Waals surface area contributed by atoms with Crippen molar-refractivity contribution < 1.29 is 13.7 Å². The Balaban J connectivity index is 1.36. The van der Waals surface area contributed by atoms with Crippen LogP contribution in [-0.2, 0) is 15.7 Å². The summed E-state index contributed by atoms with van der Waals surface area (Å²) in [7, 11) is -0.519. The van der Waals surface area contributed by atoms with Gasteiger partial charge in [-0.15, -0.1) is 0 Å². The van der Waals surface area contributed by atoms with Gasteiger partial charge in [0.2, 0.25) is 0 Å². The van der Waals surface area contributed by atoms with Crippen molar-refractivity contribution in [2.75, 3.05) is 4.90 Å². The number of nitrogens with zero attached hydrogens (tertiary/aromatic N) is 1. The first-order chi connectivity index (χ1) is 23.8. The number of allylic oxidation sites excluding steroid dienone is 3.